The summed E-state index contributed by atoms with van der Waals surface area (Å²) in [4.78, 5) is 36.7. The Balaban J connectivity index is 1.87. The third kappa shape index (κ3) is 5.04. The summed E-state index contributed by atoms with van der Waals surface area (Å²) < 4.78 is 5.75. The van der Waals surface area contributed by atoms with E-state index < -0.39 is 18.6 Å². The van der Waals surface area contributed by atoms with Gasteiger partial charge in [-0.15, -0.1) is 0 Å². The molecule has 2 amide bonds. The van der Waals surface area contributed by atoms with Crippen molar-refractivity contribution in [2.45, 2.75) is 18.9 Å². The van der Waals surface area contributed by atoms with E-state index in [0.717, 1.165) is 10.9 Å². The minimum absolute atomic E-state index is 0.116. The van der Waals surface area contributed by atoms with E-state index in [1.807, 2.05) is 0 Å². The van der Waals surface area contributed by atoms with Gasteiger partial charge >= 0.3 is 5.97 Å². The van der Waals surface area contributed by atoms with Crippen LogP contribution in [0.2, 0.25) is 0 Å². The van der Waals surface area contributed by atoms with Gasteiger partial charge in [-0.2, -0.15) is 0 Å². The average molecular weight is 399 g/mol. The second-order valence-electron chi connectivity index (χ2n) is 5.40. The molecule has 1 aromatic carbocycles. The monoisotopic (exact) mass is 398 g/mol. The summed E-state index contributed by atoms with van der Waals surface area (Å²) >= 11 is 3.33. The number of carboxylic acid groups (broad SMARTS) is 1. The Labute approximate surface area is 148 Å². The van der Waals surface area contributed by atoms with E-state index in [1.165, 1.54) is 0 Å². The summed E-state index contributed by atoms with van der Waals surface area (Å²) in [5, 5.41) is 11.1. The fourth-order valence-electron chi connectivity index (χ4n) is 2.56. The maximum Gasteiger partial charge on any atom is 0.329 e. The quantitative estimate of drug-likeness (QED) is 0.674. The first-order valence-electron chi connectivity index (χ1n) is 7.63. The van der Waals surface area contributed by atoms with Gasteiger partial charge in [0.25, 0.3) is 5.91 Å². The van der Waals surface area contributed by atoms with Gasteiger partial charge in [0.15, 0.2) is 0 Å². The number of nitrogens with zero attached hydrogens (tertiary/aromatic N) is 1. The number of nitrogens with one attached hydrogen (secondary N) is 1. The largest absolute Gasteiger partial charge is 0.480 e. The Morgan fingerprint density at radius 2 is 2.00 bits per heavy atom. The minimum Gasteiger partial charge on any atom is -0.480 e. The molecule has 0 spiro atoms. The van der Waals surface area contributed by atoms with Crippen LogP contribution in [0.5, 0.6) is 0 Å². The molecule has 1 heterocycles. The number of ether oxygens (including phenoxy) is 1. The second-order valence-corrected chi connectivity index (χ2v) is 6.32. The smallest absolute Gasteiger partial charge is 0.329 e. The van der Waals surface area contributed by atoms with E-state index in [9.17, 15) is 14.4 Å². The molecule has 8 heteroatoms. The van der Waals surface area contributed by atoms with E-state index in [0.29, 0.717) is 18.5 Å². The number of hydrogen-bond donors (Lipinski definition) is 2. The predicted octanol–water partition coefficient (Wildman–Crippen LogP) is 1.27. The molecule has 7 nitrogen and oxygen atoms in total. The SMILES string of the molecule is O=C(O)COCCNC(=O)C1CCCN1C(=O)c1ccc(Br)cc1. The van der Waals surface area contributed by atoms with Crippen molar-refractivity contribution >= 4 is 33.7 Å². The zero-order valence-corrected chi connectivity index (χ0v) is 14.6. The molecule has 1 atom stereocenters. The first-order chi connectivity index (χ1) is 11.5. The Morgan fingerprint density at radius 1 is 1.29 bits per heavy atom. The van der Waals surface area contributed by atoms with E-state index >= 15 is 0 Å². The lowest BCUT2D eigenvalue weighted by atomic mass is 10.1. The maximum atomic E-state index is 12.6. The van der Waals surface area contributed by atoms with Gasteiger partial charge in [0.2, 0.25) is 5.91 Å². The highest BCUT2D eigenvalue weighted by Crippen LogP contribution is 2.21. The molecule has 1 fully saturated rings. The Bertz CT molecular complexity index is 605. The molecule has 0 saturated carbocycles. The number of halogens is 1. The molecule has 0 bridgehead atoms. The lowest BCUT2D eigenvalue weighted by Crippen LogP contribution is -2.46. The van der Waals surface area contributed by atoms with Crippen LogP contribution in [0.1, 0.15) is 23.2 Å². The topological polar surface area (TPSA) is 95.9 Å². The zero-order chi connectivity index (χ0) is 17.5. The molecular formula is C16H19BrN2O5. The lowest BCUT2D eigenvalue weighted by Gasteiger charge is -2.24. The third-order valence-electron chi connectivity index (χ3n) is 3.68. The van der Waals surface area contributed by atoms with Crippen LogP contribution in [0.25, 0.3) is 0 Å². The molecule has 1 saturated heterocycles. The van der Waals surface area contributed by atoms with Crippen LogP contribution in [-0.2, 0) is 14.3 Å². The summed E-state index contributed by atoms with van der Waals surface area (Å²) in [7, 11) is 0. The number of benzene rings is 1. The average Bonchev–Trinajstić information content (AvgIpc) is 3.03. The fraction of sp³-hybridized carbons (Fsp3) is 0.438. The standard InChI is InChI=1S/C16H19BrN2O5/c17-12-5-3-11(4-6-12)16(23)19-8-1-2-13(19)15(22)18-7-9-24-10-14(20)21/h3-6,13H,1-2,7-10H2,(H,18,22)(H,20,21). The molecule has 2 rings (SSSR count). The van der Waals surface area contributed by atoms with Crippen LogP contribution < -0.4 is 5.32 Å². The highest BCUT2D eigenvalue weighted by Gasteiger charge is 2.34. The third-order valence-corrected chi connectivity index (χ3v) is 4.21. The number of amides is 2. The molecular weight excluding hydrogens is 380 g/mol. The van der Waals surface area contributed by atoms with Gasteiger partial charge in [-0.05, 0) is 37.1 Å². The first-order valence-corrected chi connectivity index (χ1v) is 8.42. The Morgan fingerprint density at radius 3 is 2.67 bits per heavy atom. The predicted molar refractivity (Wildman–Crippen MR) is 89.7 cm³/mol. The van der Waals surface area contributed by atoms with Crippen molar-refractivity contribution in [1.29, 1.82) is 0 Å². The highest BCUT2D eigenvalue weighted by molar-refractivity contribution is 9.10. The van der Waals surface area contributed by atoms with E-state index in [2.05, 4.69) is 21.2 Å². The minimum atomic E-state index is -1.05. The number of hydrogen-bond acceptors (Lipinski definition) is 4. The zero-order valence-electron chi connectivity index (χ0n) is 13.0. The van der Waals surface area contributed by atoms with Crippen LogP contribution in [0, 0.1) is 0 Å². The van der Waals surface area contributed by atoms with Crippen molar-refractivity contribution < 1.29 is 24.2 Å². The molecule has 1 aromatic rings. The van der Waals surface area contributed by atoms with E-state index in [-0.39, 0.29) is 25.0 Å². The van der Waals surface area contributed by atoms with Crippen molar-refractivity contribution in [3.63, 3.8) is 0 Å². The number of carbonyl (C=O) groups excluding carboxylic acids is 2. The van der Waals surface area contributed by atoms with Crippen molar-refractivity contribution in [3.8, 4) is 0 Å². The molecule has 0 aromatic heterocycles. The Hall–Kier alpha value is -1.93. The summed E-state index contributed by atoms with van der Waals surface area (Å²) in [5.74, 6) is -1.46. The number of aliphatic carboxylic acids is 1. The molecule has 0 aliphatic carbocycles. The van der Waals surface area contributed by atoms with Crippen LogP contribution >= 0.6 is 15.9 Å². The summed E-state index contributed by atoms with van der Waals surface area (Å²) in [6, 6.07) is 6.52. The van der Waals surface area contributed by atoms with Crippen molar-refractivity contribution in [2.24, 2.45) is 0 Å². The van der Waals surface area contributed by atoms with Crippen molar-refractivity contribution in [2.75, 3.05) is 26.3 Å². The van der Waals surface area contributed by atoms with Crippen molar-refractivity contribution in [3.05, 3.63) is 34.3 Å². The molecule has 1 aliphatic rings. The van der Waals surface area contributed by atoms with Gasteiger partial charge in [0, 0.05) is 23.1 Å². The molecule has 1 unspecified atom stereocenters. The van der Waals surface area contributed by atoms with Gasteiger partial charge < -0.3 is 20.1 Å². The summed E-state index contributed by atoms with van der Waals surface area (Å²) in [5.41, 5.74) is 0.544. The maximum absolute atomic E-state index is 12.6. The van der Waals surface area contributed by atoms with E-state index in [4.69, 9.17) is 9.84 Å². The van der Waals surface area contributed by atoms with Gasteiger partial charge in [-0.1, -0.05) is 15.9 Å². The van der Waals surface area contributed by atoms with Crippen LogP contribution in [-0.4, -0.2) is 60.1 Å². The van der Waals surface area contributed by atoms with E-state index in [1.54, 1.807) is 29.2 Å². The number of carbonyl (C=O) groups is 3. The van der Waals surface area contributed by atoms with Crippen LogP contribution in [0.3, 0.4) is 0 Å². The molecule has 130 valence electrons. The van der Waals surface area contributed by atoms with Crippen LogP contribution in [0.15, 0.2) is 28.7 Å². The second kappa shape index (κ2) is 8.79. The summed E-state index contributed by atoms with van der Waals surface area (Å²) in [6.07, 6.45) is 1.39. The molecule has 2 N–H and O–H groups in total. The molecule has 1 aliphatic heterocycles. The number of carboxylic acids is 1. The van der Waals surface area contributed by atoms with Gasteiger partial charge in [-0.25, -0.2) is 4.79 Å². The fourth-order valence-corrected chi connectivity index (χ4v) is 2.83. The van der Waals surface area contributed by atoms with Crippen molar-refractivity contribution in [1.82, 2.24) is 10.2 Å². The first kappa shape index (κ1) is 18.4. The van der Waals surface area contributed by atoms with Crippen LogP contribution in [0.4, 0.5) is 0 Å². The molecule has 24 heavy (non-hydrogen) atoms. The summed E-state index contributed by atoms with van der Waals surface area (Å²) in [6.45, 7) is 0.477. The highest BCUT2D eigenvalue weighted by atomic mass is 79.9. The van der Waals surface area contributed by atoms with Gasteiger partial charge in [0.05, 0.1) is 6.61 Å². The van der Waals surface area contributed by atoms with Gasteiger partial charge in [-0.3, -0.25) is 9.59 Å². The lowest BCUT2D eigenvalue weighted by molar-refractivity contribution is -0.142. The Kier molecular flexibility index (Phi) is 6.74. The normalized spacial score (nSPS) is 16.9. The number of likely N-dealkylation sites (tertiary alicyclic amines) is 1. The number of rotatable bonds is 7. The van der Waals surface area contributed by atoms with Gasteiger partial charge in [0.1, 0.15) is 12.6 Å². The molecule has 0 radical (unpaired) electrons.